The molecule has 0 radical (unpaired) electrons. The molecule has 0 aliphatic carbocycles. The average Bonchev–Trinajstić information content (AvgIpc) is 3.22. The van der Waals surface area contributed by atoms with Crippen LogP contribution in [0.3, 0.4) is 0 Å². The number of imidazole rings is 1. The minimum atomic E-state index is -0.541. The Morgan fingerprint density at radius 2 is 2.13 bits per heavy atom. The smallest absolute Gasteiger partial charge is 0.410 e. The molecule has 0 saturated carbocycles. The highest BCUT2D eigenvalue weighted by Crippen LogP contribution is 2.33. The van der Waals surface area contributed by atoms with E-state index in [2.05, 4.69) is 32.8 Å². The Morgan fingerprint density at radius 1 is 1.37 bits per heavy atom. The Hall–Kier alpha value is -2.13. The number of nitrogens with one attached hydrogen (secondary N) is 1. The number of amides is 1. The van der Waals surface area contributed by atoms with Crippen molar-refractivity contribution in [3.8, 4) is 0 Å². The van der Waals surface area contributed by atoms with Gasteiger partial charge in [0.15, 0.2) is 0 Å². The molecule has 0 unspecified atom stereocenters. The third-order valence-electron chi connectivity index (χ3n) is 5.52. The first-order valence-corrected chi connectivity index (χ1v) is 11.0. The third kappa shape index (κ3) is 4.05. The summed E-state index contributed by atoms with van der Waals surface area (Å²) < 4.78 is 13.3. The molecule has 30 heavy (non-hydrogen) atoms. The molecule has 2 aliphatic heterocycles. The number of nitrogens with zero attached hydrogens (tertiary/aromatic N) is 3. The second kappa shape index (κ2) is 7.85. The van der Waals surface area contributed by atoms with Crippen LogP contribution < -0.4 is 5.56 Å². The summed E-state index contributed by atoms with van der Waals surface area (Å²) in [6.45, 7) is 9.93. The highest BCUT2D eigenvalue weighted by Gasteiger charge is 2.36. The van der Waals surface area contributed by atoms with E-state index in [-0.39, 0.29) is 23.5 Å². The minimum absolute atomic E-state index is 0.00677. The molecule has 1 N–H and O–H groups in total. The summed E-state index contributed by atoms with van der Waals surface area (Å²) in [7, 11) is 0. The minimum Gasteiger partial charge on any atom is -0.444 e. The van der Waals surface area contributed by atoms with Crippen LogP contribution in [-0.2, 0) is 9.47 Å². The van der Waals surface area contributed by atoms with Gasteiger partial charge in [0.25, 0.3) is 5.56 Å². The van der Waals surface area contributed by atoms with Gasteiger partial charge in [0.05, 0.1) is 13.2 Å². The molecule has 1 amide bonds. The number of rotatable bonds is 2. The summed E-state index contributed by atoms with van der Waals surface area (Å²) in [6, 6.07) is 0. The van der Waals surface area contributed by atoms with Gasteiger partial charge in [-0.15, -0.1) is 0 Å². The van der Waals surface area contributed by atoms with Gasteiger partial charge in [-0.1, -0.05) is 13.0 Å². The highest BCUT2D eigenvalue weighted by molar-refractivity contribution is 9.10. The molecule has 0 aromatic carbocycles. The van der Waals surface area contributed by atoms with Gasteiger partial charge in [0, 0.05) is 30.9 Å². The summed E-state index contributed by atoms with van der Waals surface area (Å²) in [4.78, 5) is 34.7. The molecule has 1 saturated heterocycles. The van der Waals surface area contributed by atoms with Crippen LogP contribution in [-0.4, -0.2) is 57.3 Å². The second-order valence-corrected chi connectivity index (χ2v) is 9.76. The van der Waals surface area contributed by atoms with Crippen molar-refractivity contribution in [2.45, 2.75) is 45.6 Å². The van der Waals surface area contributed by atoms with E-state index in [4.69, 9.17) is 9.47 Å². The molecule has 9 heteroatoms. The quantitative estimate of drug-likeness (QED) is 0.712. The van der Waals surface area contributed by atoms with Gasteiger partial charge in [-0.05, 0) is 54.6 Å². The van der Waals surface area contributed by atoms with E-state index in [0.29, 0.717) is 36.4 Å². The number of aromatic nitrogens is 3. The monoisotopic (exact) mass is 478 g/mol. The number of ether oxygens (including phenoxy) is 2. The van der Waals surface area contributed by atoms with Gasteiger partial charge in [0.2, 0.25) is 0 Å². The molecular weight excluding hydrogens is 452 g/mol. The fourth-order valence-corrected chi connectivity index (χ4v) is 4.63. The number of fused-ring (bicyclic) bond motifs is 1. The van der Waals surface area contributed by atoms with E-state index >= 15 is 0 Å². The maximum Gasteiger partial charge on any atom is 0.410 e. The van der Waals surface area contributed by atoms with Crippen molar-refractivity contribution in [2.75, 3.05) is 26.3 Å². The van der Waals surface area contributed by atoms with Gasteiger partial charge in [-0.2, -0.15) is 0 Å². The van der Waals surface area contributed by atoms with Crippen LogP contribution in [0.5, 0.6) is 0 Å². The summed E-state index contributed by atoms with van der Waals surface area (Å²) >= 11 is 3.43. The molecule has 8 nitrogen and oxygen atoms in total. The Morgan fingerprint density at radius 3 is 2.80 bits per heavy atom. The van der Waals surface area contributed by atoms with E-state index in [0.717, 1.165) is 23.5 Å². The lowest BCUT2D eigenvalue weighted by Gasteiger charge is -2.24. The predicted molar refractivity (Wildman–Crippen MR) is 117 cm³/mol. The maximum atomic E-state index is 12.9. The Labute approximate surface area is 183 Å². The van der Waals surface area contributed by atoms with E-state index in [1.165, 1.54) is 0 Å². The zero-order chi connectivity index (χ0) is 21.6. The normalized spacial score (nSPS) is 22.4. The fourth-order valence-electron chi connectivity index (χ4n) is 4.09. The van der Waals surface area contributed by atoms with Gasteiger partial charge >= 0.3 is 6.09 Å². The summed E-state index contributed by atoms with van der Waals surface area (Å²) in [5, 5.41) is 0. The molecule has 1 fully saturated rings. The summed E-state index contributed by atoms with van der Waals surface area (Å²) in [6.07, 6.45) is 4.38. The lowest BCUT2D eigenvalue weighted by molar-refractivity contribution is 0.0287. The van der Waals surface area contributed by atoms with Crippen molar-refractivity contribution in [1.82, 2.24) is 19.3 Å². The average molecular weight is 479 g/mol. The first-order valence-electron chi connectivity index (χ1n) is 10.2. The predicted octanol–water partition coefficient (Wildman–Crippen LogP) is 3.56. The SMILES string of the molecule is C[C@@H]1CN(C(=O)OC(C)(C)C)C[C@H]1c1cn2c(C3=CCOCC3)nc(Br)c2c(=O)[nH]1. The molecule has 2 aromatic rings. The van der Waals surface area contributed by atoms with Gasteiger partial charge in [-0.3, -0.25) is 9.20 Å². The number of halogens is 1. The van der Waals surface area contributed by atoms with Crippen molar-refractivity contribution < 1.29 is 14.3 Å². The third-order valence-corrected chi connectivity index (χ3v) is 6.08. The number of aromatic amines is 1. The largest absolute Gasteiger partial charge is 0.444 e. The van der Waals surface area contributed by atoms with Gasteiger partial charge < -0.3 is 19.4 Å². The lowest BCUT2D eigenvalue weighted by atomic mass is 9.95. The van der Waals surface area contributed by atoms with Gasteiger partial charge in [-0.25, -0.2) is 9.78 Å². The molecule has 4 heterocycles. The van der Waals surface area contributed by atoms with Crippen molar-refractivity contribution >= 4 is 33.1 Å². The van der Waals surface area contributed by atoms with Crippen molar-refractivity contribution in [3.05, 3.63) is 38.7 Å². The standard InChI is InChI=1S/C21H27BrN4O4/c1-12-9-25(20(28)30-21(2,3)4)10-14(12)15-11-26-16(19(27)23-15)17(22)24-18(26)13-5-7-29-8-6-13/h5,11-12,14H,6-10H2,1-4H3,(H,23,27)/t12-,14-/m1/s1. The number of likely N-dealkylation sites (tertiary alicyclic amines) is 1. The zero-order valence-corrected chi connectivity index (χ0v) is 19.3. The fraction of sp³-hybridized carbons (Fsp3) is 0.571. The van der Waals surface area contributed by atoms with Crippen LogP contribution in [0.15, 0.2) is 21.7 Å². The first-order chi connectivity index (χ1) is 14.1. The zero-order valence-electron chi connectivity index (χ0n) is 17.7. The highest BCUT2D eigenvalue weighted by atomic mass is 79.9. The van der Waals surface area contributed by atoms with Crippen LogP contribution in [0.25, 0.3) is 11.1 Å². The van der Waals surface area contributed by atoms with Crippen LogP contribution >= 0.6 is 15.9 Å². The van der Waals surface area contributed by atoms with E-state index in [1.807, 2.05) is 37.4 Å². The molecule has 0 bridgehead atoms. The summed E-state index contributed by atoms with van der Waals surface area (Å²) in [5.41, 5.74) is 1.60. The van der Waals surface area contributed by atoms with E-state index in [9.17, 15) is 9.59 Å². The number of hydrogen-bond acceptors (Lipinski definition) is 5. The van der Waals surface area contributed by atoms with Gasteiger partial charge in [0.1, 0.15) is 21.5 Å². The Kier molecular flexibility index (Phi) is 5.52. The number of carbonyl (C=O) groups excluding carboxylic acids is 1. The molecule has 0 spiro atoms. The number of H-pyrrole nitrogens is 1. The molecule has 2 aliphatic rings. The van der Waals surface area contributed by atoms with Crippen molar-refractivity contribution in [1.29, 1.82) is 0 Å². The first kappa shape index (κ1) is 21.1. The Balaban J connectivity index is 1.69. The topological polar surface area (TPSA) is 88.9 Å². The molecule has 2 aromatic heterocycles. The van der Waals surface area contributed by atoms with Crippen LogP contribution in [0.2, 0.25) is 0 Å². The van der Waals surface area contributed by atoms with Crippen LogP contribution in [0.4, 0.5) is 4.79 Å². The summed E-state index contributed by atoms with van der Waals surface area (Å²) in [5.74, 6) is 0.942. The Bertz CT molecular complexity index is 1070. The van der Waals surface area contributed by atoms with E-state index in [1.54, 1.807) is 4.90 Å². The molecule has 2 atom stereocenters. The second-order valence-electron chi connectivity index (χ2n) is 9.01. The van der Waals surface area contributed by atoms with Crippen LogP contribution in [0, 0.1) is 5.92 Å². The van der Waals surface area contributed by atoms with Crippen molar-refractivity contribution in [2.24, 2.45) is 5.92 Å². The van der Waals surface area contributed by atoms with E-state index < -0.39 is 5.60 Å². The molecule has 162 valence electrons. The lowest BCUT2D eigenvalue weighted by Crippen LogP contribution is -2.35. The van der Waals surface area contributed by atoms with Crippen molar-refractivity contribution in [3.63, 3.8) is 0 Å². The molecule has 4 rings (SSSR count). The van der Waals surface area contributed by atoms with Crippen LogP contribution in [0.1, 0.15) is 51.6 Å². The molecular formula is C21H27BrN4O4. The number of carbonyl (C=O) groups is 1. The number of hydrogen-bond donors (Lipinski definition) is 1. The maximum absolute atomic E-state index is 12.9.